The van der Waals surface area contributed by atoms with E-state index in [1.54, 1.807) is 17.7 Å². The second kappa shape index (κ2) is 6.84. The molecular formula is C19H21N3O2. The molecule has 0 spiro atoms. The zero-order valence-electron chi connectivity index (χ0n) is 14.1. The molecule has 1 N–H and O–H groups in total. The monoisotopic (exact) mass is 323 g/mol. The molecule has 0 saturated carbocycles. The minimum Gasteiger partial charge on any atom is -0.495 e. The molecule has 0 bridgehead atoms. The minimum absolute atomic E-state index is 0.0720. The van der Waals surface area contributed by atoms with Gasteiger partial charge in [0.1, 0.15) is 11.6 Å². The zero-order valence-corrected chi connectivity index (χ0v) is 14.1. The number of hydrogen-bond donors (Lipinski definition) is 1. The molecular weight excluding hydrogens is 302 g/mol. The van der Waals surface area contributed by atoms with Gasteiger partial charge in [0.25, 0.3) is 5.56 Å². The number of aromatic nitrogens is 2. The Kier molecular flexibility index (Phi) is 4.62. The number of hydrogen-bond acceptors (Lipinski definition) is 4. The van der Waals surface area contributed by atoms with E-state index in [9.17, 15) is 4.79 Å². The summed E-state index contributed by atoms with van der Waals surface area (Å²) in [7, 11) is 1.60. The van der Waals surface area contributed by atoms with E-state index >= 15 is 0 Å². The third-order valence-electron chi connectivity index (χ3n) is 4.03. The first-order valence-corrected chi connectivity index (χ1v) is 8.05. The summed E-state index contributed by atoms with van der Waals surface area (Å²) in [6.45, 7) is 4.82. The van der Waals surface area contributed by atoms with Crippen molar-refractivity contribution in [3.05, 3.63) is 64.7 Å². The number of nitrogens with zero attached hydrogens (tertiary/aromatic N) is 2. The SMILES string of the molecule is CCN[C@@H](C)c1nc2ccccc2c(=O)n1-c1ccccc1OC. The van der Waals surface area contributed by atoms with Crippen molar-refractivity contribution in [1.29, 1.82) is 0 Å². The van der Waals surface area contributed by atoms with Gasteiger partial charge in [-0.3, -0.25) is 9.36 Å². The van der Waals surface area contributed by atoms with E-state index in [4.69, 9.17) is 9.72 Å². The molecule has 0 fully saturated rings. The van der Waals surface area contributed by atoms with Gasteiger partial charge in [0.2, 0.25) is 0 Å². The van der Waals surface area contributed by atoms with Crippen LogP contribution in [0.5, 0.6) is 5.75 Å². The van der Waals surface area contributed by atoms with Crippen LogP contribution >= 0.6 is 0 Å². The molecule has 3 aromatic rings. The normalized spacial score (nSPS) is 12.3. The lowest BCUT2D eigenvalue weighted by Gasteiger charge is -2.20. The maximum absolute atomic E-state index is 13.2. The summed E-state index contributed by atoms with van der Waals surface area (Å²) in [4.78, 5) is 17.9. The van der Waals surface area contributed by atoms with Gasteiger partial charge >= 0.3 is 0 Å². The molecule has 2 aromatic carbocycles. The number of rotatable bonds is 5. The van der Waals surface area contributed by atoms with E-state index in [0.29, 0.717) is 28.2 Å². The summed E-state index contributed by atoms with van der Waals surface area (Å²) in [5.41, 5.74) is 1.31. The second-order valence-corrected chi connectivity index (χ2v) is 5.58. The number of methoxy groups -OCH3 is 1. The Morgan fingerprint density at radius 1 is 1.17 bits per heavy atom. The van der Waals surface area contributed by atoms with Crippen molar-refractivity contribution in [2.75, 3.05) is 13.7 Å². The van der Waals surface area contributed by atoms with Crippen LogP contribution in [0.15, 0.2) is 53.3 Å². The van der Waals surface area contributed by atoms with Crippen molar-refractivity contribution in [3.63, 3.8) is 0 Å². The molecule has 0 aliphatic rings. The van der Waals surface area contributed by atoms with Crippen LogP contribution in [0.1, 0.15) is 25.7 Å². The van der Waals surface area contributed by atoms with Crippen molar-refractivity contribution < 1.29 is 4.74 Å². The lowest BCUT2D eigenvalue weighted by molar-refractivity contribution is 0.411. The first-order chi connectivity index (χ1) is 11.7. The van der Waals surface area contributed by atoms with Crippen molar-refractivity contribution in [3.8, 4) is 11.4 Å². The Hall–Kier alpha value is -2.66. The van der Waals surface area contributed by atoms with Gasteiger partial charge in [-0.2, -0.15) is 0 Å². The fourth-order valence-corrected chi connectivity index (χ4v) is 2.89. The fraction of sp³-hybridized carbons (Fsp3) is 0.263. The van der Waals surface area contributed by atoms with Crippen LogP contribution in [0.3, 0.4) is 0 Å². The number of ether oxygens (including phenoxy) is 1. The van der Waals surface area contributed by atoms with Gasteiger partial charge in [0, 0.05) is 0 Å². The molecule has 124 valence electrons. The van der Waals surface area contributed by atoms with Gasteiger partial charge in [-0.25, -0.2) is 4.98 Å². The van der Waals surface area contributed by atoms with Crippen LogP contribution in [0.2, 0.25) is 0 Å². The summed E-state index contributed by atoms with van der Waals surface area (Å²) >= 11 is 0. The van der Waals surface area contributed by atoms with Crippen molar-refractivity contribution in [1.82, 2.24) is 14.9 Å². The highest BCUT2D eigenvalue weighted by atomic mass is 16.5. The number of para-hydroxylation sites is 3. The third-order valence-corrected chi connectivity index (χ3v) is 4.03. The first kappa shape index (κ1) is 16.2. The van der Waals surface area contributed by atoms with Gasteiger partial charge in [0.15, 0.2) is 0 Å². The molecule has 0 unspecified atom stereocenters. The van der Waals surface area contributed by atoms with Gasteiger partial charge in [-0.05, 0) is 37.7 Å². The molecule has 1 atom stereocenters. The Bertz CT molecular complexity index is 918. The average molecular weight is 323 g/mol. The van der Waals surface area contributed by atoms with Gasteiger partial charge in [-0.15, -0.1) is 0 Å². The lowest BCUT2D eigenvalue weighted by Crippen LogP contribution is -2.30. The quantitative estimate of drug-likeness (QED) is 0.784. The molecule has 0 saturated heterocycles. The maximum Gasteiger partial charge on any atom is 0.266 e. The highest BCUT2D eigenvalue weighted by molar-refractivity contribution is 5.78. The molecule has 5 nitrogen and oxygen atoms in total. The van der Waals surface area contributed by atoms with Crippen LogP contribution < -0.4 is 15.6 Å². The average Bonchev–Trinajstić information content (AvgIpc) is 2.62. The molecule has 0 aliphatic carbocycles. The molecule has 1 aromatic heterocycles. The van der Waals surface area contributed by atoms with Crippen molar-refractivity contribution in [2.24, 2.45) is 0 Å². The summed E-state index contributed by atoms with van der Waals surface area (Å²) in [5.74, 6) is 1.31. The highest BCUT2D eigenvalue weighted by Gasteiger charge is 2.19. The van der Waals surface area contributed by atoms with Crippen LogP contribution in [-0.2, 0) is 0 Å². The smallest absolute Gasteiger partial charge is 0.266 e. The van der Waals surface area contributed by atoms with Gasteiger partial charge in [-0.1, -0.05) is 31.2 Å². The Labute approximate surface area is 140 Å². The van der Waals surface area contributed by atoms with Crippen LogP contribution in [-0.4, -0.2) is 23.2 Å². The summed E-state index contributed by atoms with van der Waals surface area (Å²) < 4.78 is 7.10. The number of benzene rings is 2. The minimum atomic E-state index is -0.0927. The molecule has 3 rings (SSSR count). The topological polar surface area (TPSA) is 56.2 Å². The first-order valence-electron chi connectivity index (χ1n) is 8.05. The van der Waals surface area contributed by atoms with E-state index in [1.807, 2.05) is 56.3 Å². The molecule has 1 heterocycles. The zero-order chi connectivity index (χ0) is 17.1. The van der Waals surface area contributed by atoms with Crippen LogP contribution in [0.4, 0.5) is 0 Å². The van der Waals surface area contributed by atoms with Gasteiger partial charge < -0.3 is 10.1 Å². The van der Waals surface area contributed by atoms with E-state index in [2.05, 4.69) is 5.32 Å². The Morgan fingerprint density at radius 3 is 2.62 bits per heavy atom. The van der Waals surface area contributed by atoms with Crippen molar-refractivity contribution in [2.45, 2.75) is 19.9 Å². The highest BCUT2D eigenvalue weighted by Crippen LogP contribution is 2.25. The Balaban J connectivity index is 2.37. The van der Waals surface area contributed by atoms with E-state index in [-0.39, 0.29) is 11.6 Å². The molecule has 0 amide bonds. The lowest BCUT2D eigenvalue weighted by atomic mass is 10.2. The van der Waals surface area contributed by atoms with E-state index < -0.39 is 0 Å². The summed E-state index contributed by atoms with van der Waals surface area (Å²) in [6, 6.07) is 14.8. The number of fused-ring (bicyclic) bond motifs is 1. The molecule has 0 radical (unpaired) electrons. The number of nitrogens with one attached hydrogen (secondary N) is 1. The standard InChI is InChI=1S/C19H21N3O2/c1-4-20-13(2)18-21-15-10-6-5-9-14(15)19(23)22(18)16-11-7-8-12-17(16)24-3/h5-13,20H,4H2,1-3H3/t13-/m0/s1. The van der Waals surface area contributed by atoms with Gasteiger partial charge in [0.05, 0.1) is 29.7 Å². The summed E-state index contributed by atoms with van der Waals surface area (Å²) in [5, 5.41) is 3.93. The van der Waals surface area contributed by atoms with Crippen LogP contribution in [0.25, 0.3) is 16.6 Å². The fourth-order valence-electron chi connectivity index (χ4n) is 2.89. The third kappa shape index (κ3) is 2.78. The molecule has 24 heavy (non-hydrogen) atoms. The van der Waals surface area contributed by atoms with Crippen LogP contribution in [0, 0.1) is 0 Å². The van der Waals surface area contributed by atoms with E-state index in [0.717, 1.165) is 6.54 Å². The molecule has 5 heteroatoms. The predicted molar refractivity (Wildman–Crippen MR) is 96.0 cm³/mol. The van der Waals surface area contributed by atoms with E-state index in [1.165, 1.54) is 0 Å². The Morgan fingerprint density at radius 2 is 1.88 bits per heavy atom. The second-order valence-electron chi connectivity index (χ2n) is 5.58. The largest absolute Gasteiger partial charge is 0.495 e. The summed E-state index contributed by atoms with van der Waals surface area (Å²) in [6.07, 6.45) is 0. The predicted octanol–water partition coefficient (Wildman–Crippen LogP) is 3.06. The maximum atomic E-state index is 13.2. The van der Waals surface area contributed by atoms with Crippen molar-refractivity contribution >= 4 is 10.9 Å². The molecule has 0 aliphatic heterocycles.